The number of carboxylic acids is 1. The van der Waals surface area contributed by atoms with Crippen molar-refractivity contribution in [3.63, 3.8) is 0 Å². The number of ether oxygens (including phenoxy) is 3. The van der Waals surface area contributed by atoms with Crippen molar-refractivity contribution in [1.82, 2.24) is 9.80 Å². The summed E-state index contributed by atoms with van der Waals surface area (Å²) in [5.41, 5.74) is 0.740. The molecular formula is C29H46N2O7. The normalized spacial score (nSPS) is 21.1. The lowest BCUT2D eigenvalue weighted by Gasteiger charge is -2.35. The van der Waals surface area contributed by atoms with Gasteiger partial charge in [0.25, 0.3) is 0 Å². The number of aliphatic hydroxyl groups is 1. The van der Waals surface area contributed by atoms with Crippen LogP contribution in [0.15, 0.2) is 12.1 Å². The summed E-state index contributed by atoms with van der Waals surface area (Å²) >= 11 is 0. The molecule has 2 N–H and O–H groups in total. The molecular weight excluding hydrogens is 488 g/mol. The van der Waals surface area contributed by atoms with Crippen molar-refractivity contribution in [2.24, 2.45) is 11.3 Å². The van der Waals surface area contributed by atoms with E-state index < -0.39 is 11.9 Å². The van der Waals surface area contributed by atoms with E-state index in [9.17, 15) is 19.8 Å². The third-order valence-corrected chi connectivity index (χ3v) is 7.89. The van der Waals surface area contributed by atoms with E-state index >= 15 is 0 Å². The lowest BCUT2D eigenvalue weighted by atomic mass is 9.76. The van der Waals surface area contributed by atoms with Crippen molar-refractivity contribution >= 4 is 11.9 Å². The smallest absolute Gasteiger partial charge is 0.308 e. The molecule has 9 nitrogen and oxygen atoms in total. The molecule has 38 heavy (non-hydrogen) atoms. The van der Waals surface area contributed by atoms with Gasteiger partial charge in [0.05, 0.1) is 19.6 Å². The third-order valence-electron chi connectivity index (χ3n) is 7.89. The van der Waals surface area contributed by atoms with Crippen molar-refractivity contribution in [3.05, 3.63) is 17.7 Å². The van der Waals surface area contributed by atoms with Gasteiger partial charge in [-0.15, -0.1) is 0 Å². The molecule has 1 amide bonds. The second-order valence-corrected chi connectivity index (χ2v) is 11.4. The van der Waals surface area contributed by atoms with Crippen LogP contribution in [0.4, 0.5) is 0 Å². The number of carboxylic acid groups (broad SMARTS) is 1. The molecule has 3 atom stereocenters. The fourth-order valence-electron chi connectivity index (χ4n) is 6.04. The summed E-state index contributed by atoms with van der Waals surface area (Å²) in [4.78, 5) is 30.3. The Morgan fingerprint density at radius 2 is 1.89 bits per heavy atom. The van der Waals surface area contributed by atoms with Crippen LogP contribution in [0.2, 0.25) is 0 Å². The van der Waals surface area contributed by atoms with Crippen molar-refractivity contribution in [2.45, 2.75) is 78.2 Å². The van der Waals surface area contributed by atoms with Crippen molar-refractivity contribution in [3.8, 4) is 17.2 Å². The Labute approximate surface area is 227 Å². The number of benzene rings is 1. The predicted molar refractivity (Wildman–Crippen MR) is 145 cm³/mol. The number of aliphatic carboxylic acids is 1. The number of hydrogen-bond acceptors (Lipinski definition) is 7. The molecule has 0 aliphatic carbocycles. The first-order valence-corrected chi connectivity index (χ1v) is 14.0. The Balaban J connectivity index is 1.96. The average Bonchev–Trinajstić information content (AvgIpc) is 3.48. The van der Waals surface area contributed by atoms with E-state index in [-0.39, 0.29) is 43.2 Å². The van der Waals surface area contributed by atoms with E-state index in [0.29, 0.717) is 49.7 Å². The van der Waals surface area contributed by atoms with Gasteiger partial charge in [-0.25, -0.2) is 0 Å². The summed E-state index contributed by atoms with van der Waals surface area (Å²) in [6, 6.07) is 3.41. The van der Waals surface area contributed by atoms with E-state index in [1.54, 1.807) is 7.11 Å². The van der Waals surface area contributed by atoms with Crippen molar-refractivity contribution in [2.75, 3.05) is 46.7 Å². The van der Waals surface area contributed by atoms with Crippen molar-refractivity contribution in [1.29, 1.82) is 0 Å². The summed E-state index contributed by atoms with van der Waals surface area (Å²) in [5, 5.41) is 19.9. The van der Waals surface area contributed by atoms with Gasteiger partial charge in [0.2, 0.25) is 18.4 Å². The molecule has 0 bridgehead atoms. The first-order valence-electron chi connectivity index (χ1n) is 14.0. The highest BCUT2D eigenvalue weighted by atomic mass is 16.7. The standard InChI is InChI=1S/C29H46N2O7/c1-6-8-11-30(12-9-13-32)25(33)18-31-17-21(20-14-23(36-5)27-24(15-20)37-19-38-27)26(28(34)35)22(31)16-29(3,4)10-7-2/h14-15,21-22,26,32H,6-13,16-19H2,1-5H3,(H,34,35)/t21-,22+,26?/m1/s1. The highest BCUT2D eigenvalue weighted by molar-refractivity contribution is 5.79. The van der Waals surface area contributed by atoms with Crippen LogP contribution in [0.1, 0.15) is 77.7 Å². The minimum absolute atomic E-state index is 0.0155. The first-order chi connectivity index (χ1) is 18.1. The molecule has 0 radical (unpaired) electrons. The minimum Gasteiger partial charge on any atom is -0.493 e. The number of hydrogen-bond donors (Lipinski definition) is 2. The quantitative estimate of drug-likeness (QED) is 0.346. The molecule has 1 fully saturated rings. The molecule has 1 aromatic carbocycles. The predicted octanol–water partition coefficient (Wildman–Crippen LogP) is 4.12. The van der Waals surface area contributed by atoms with Gasteiger partial charge in [-0.2, -0.15) is 0 Å². The zero-order chi connectivity index (χ0) is 27.9. The molecule has 1 unspecified atom stereocenters. The number of aliphatic hydroxyl groups excluding tert-OH is 1. The molecule has 214 valence electrons. The van der Waals surface area contributed by atoms with Crippen LogP contribution in [0.3, 0.4) is 0 Å². The van der Waals surface area contributed by atoms with E-state index in [1.807, 2.05) is 17.0 Å². The lowest BCUT2D eigenvalue weighted by Crippen LogP contribution is -2.46. The molecule has 0 aromatic heterocycles. The van der Waals surface area contributed by atoms with E-state index in [4.69, 9.17) is 14.2 Å². The van der Waals surface area contributed by atoms with Crippen LogP contribution in [-0.2, 0) is 9.59 Å². The summed E-state index contributed by atoms with van der Waals surface area (Å²) in [7, 11) is 1.56. The lowest BCUT2D eigenvalue weighted by molar-refractivity contribution is -0.144. The Morgan fingerprint density at radius 1 is 1.16 bits per heavy atom. The second kappa shape index (κ2) is 13.5. The number of nitrogens with zero attached hydrogens (tertiary/aromatic N) is 2. The van der Waals surface area contributed by atoms with Gasteiger partial charge in [-0.3, -0.25) is 14.5 Å². The average molecular weight is 535 g/mol. The van der Waals surface area contributed by atoms with Crippen LogP contribution in [-0.4, -0.2) is 84.6 Å². The minimum atomic E-state index is -0.859. The largest absolute Gasteiger partial charge is 0.493 e. The molecule has 9 heteroatoms. The topological polar surface area (TPSA) is 109 Å². The summed E-state index contributed by atoms with van der Waals surface area (Å²) in [5.74, 6) is -0.301. The fraction of sp³-hybridized carbons (Fsp3) is 0.724. The molecule has 2 aliphatic heterocycles. The maximum absolute atomic E-state index is 13.5. The van der Waals surface area contributed by atoms with Crippen LogP contribution in [0.5, 0.6) is 17.2 Å². The molecule has 1 saturated heterocycles. The van der Waals surface area contributed by atoms with Gasteiger partial charge in [0.15, 0.2) is 11.5 Å². The maximum atomic E-state index is 13.5. The van der Waals surface area contributed by atoms with E-state index in [2.05, 4.69) is 32.6 Å². The SMILES string of the molecule is CCCCN(CCCO)C(=O)CN1C[C@H](c2cc(OC)c3c(c2)OCO3)C(C(=O)O)[C@@H]1CC(C)(C)CCC. The molecule has 1 aromatic rings. The Bertz CT molecular complexity index is 943. The highest BCUT2D eigenvalue weighted by Crippen LogP contribution is 2.48. The van der Waals surface area contributed by atoms with Crippen LogP contribution in [0, 0.1) is 11.3 Å². The van der Waals surface area contributed by atoms with Crippen LogP contribution < -0.4 is 14.2 Å². The number of unbranched alkanes of at least 4 members (excludes halogenated alkanes) is 1. The monoisotopic (exact) mass is 534 g/mol. The zero-order valence-corrected chi connectivity index (χ0v) is 23.7. The van der Waals surface area contributed by atoms with Gasteiger partial charge >= 0.3 is 5.97 Å². The first kappa shape index (κ1) is 30.0. The number of amides is 1. The Morgan fingerprint density at radius 3 is 2.53 bits per heavy atom. The van der Waals surface area contributed by atoms with E-state index in [1.165, 1.54) is 0 Å². The molecule has 3 rings (SSSR count). The Kier molecular flexibility index (Phi) is 10.7. The summed E-state index contributed by atoms with van der Waals surface area (Å²) in [6.07, 6.45) is 5.04. The maximum Gasteiger partial charge on any atom is 0.308 e. The Hall–Kier alpha value is -2.52. The van der Waals surface area contributed by atoms with Gasteiger partial charge in [-0.1, -0.05) is 40.5 Å². The molecule has 0 saturated carbocycles. The van der Waals surface area contributed by atoms with E-state index in [0.717, 1.165) is 31.2 Å². The highest BCUT2D eigenvalue weighted by Gasteiger charge is 2.49. The van der Waals surface area contributed by atoms with Gasteiger partial charge in [0, 0.05) is 38.2 Å². The van der Waals surface area contributed by atoms with Gasteiger partial charge in [0.1, 0.15) is 0 Å². The number of carbonyl (C=O) groups is 2. The van der Waals surface area contributed by atoms with Crippen LogP contribution in [0.25, 0.3) is 0 Å². The number of carbonyl (C=O) groups excluding carboxylic acids is 1. The molecule has 2 aliphatic rings. The van der Waals surface area contributed by atoms with Crippen LogP contribution >= 0.6 is 0 Å². The number of rotatable bonds is 15. The third kappa shape index (κ3) is 7.11. The molecule has 0 spiro atoms. The summed E-state index contributed by atoms with van der Waals surface area (Å²) < 4.78 is 16.7. The number of fused-ring (bicyclic) bond motifs is 1. The summed E-state index contributed by atoms with van der Waals surface area (Å²) in [6.45, 7) is 10.5. The zero-order valence-electron chi connectivity index (χ0n) is 23.7. The fourth-order valence-corrected chi connectivity index (χ4v) is 6.04. The molecule has 2 heterocycles. The second-order valence-electron chi connectivity index (χ2n) is 11.4. The van der Waals surface area contributed by atoms with Gasteiger partial charge < -0.3 is 29.3 Å². The van der Waals surface area contributed by atoms with Crippen molar-refractivity contribution < 1.29 is 34.0 Å². The van der Waals surface area contributed by atoms with Gasteiger partial charge in [-0.05, 0) is 48.8 Å². The number of likely N-dealkylation sites (tertiary alicyclic amines) is 1. The number of methoxy groups -OCH3 is 1.